The van der Waals surface area contributed by atoms with E-state index >= 15 is 0 Å². The molecule has 25 heavy (non-hydrogen) atoms. The van der Waals surface area contributed by atoms with Crippen LogP contribution in [0.4, 0.5) is 13.2 Å². The average molecular weight is 358 g/mol. The van der Waals surface area contributed by atoms with Gasteiger partial charge in [0.15, 0.2) is 5.69 Å². The monoisotopic (exact) mass is 358 g/mol. The van der Waals surface area contributed by atoms with Gasteiger partial charge in [0.25, 0.3) is 5.91 Å². The van der Waals surface area contributed by atoms with Crippen LogP contribution in [0.15, 0.2) is 6.07 Å². The van der Waals surface area contributed by atoms with E-state index in [1.165, 1.54) is 16.5 Å². The van der Waals surface area contributed by atoms with Crippen LogP contribution in [0.5, 0.6) is 0 Å². The highest BCUT2D eigenvalue weighted by Gasteiger charge is 2.39. The summed E-state index contributed by atoms with van der Waals surface area (Å²) >= 11 is 0. The fraction of sp³-hybridized carbons (Fsp3) is 0.688. The van der Waals surface area contributed by atoms with E-state index in [1.807, 2.05) is 0 Å². The first kappa shape index (κ1) is 17.8. The molecule has 6 nitrogen and oxygen atoms in total. The molecule has 0 N–H and O–H groups in total. The summed E-state index contributed by atoms with van der Waals surface area (Å²) in [5.41, 5.74) is -1.04. The zero-order valence-corrected chi connectivity index (χ0v) is 14.2. The molecule has 1 saturated carbocycles. The van der Waals surface area contributed by atoms with E-state index in [-0.39, 0.29) is 23.6 Å². The van der Waals surface area contributed by atoms with Crippen LogP contribution in [0, 0.1) is 5.92 Å². The van der Waals surface area contributed by atoms with Crippen molar-refractivity contribution in [1.82, 2.24) is 19.6 Å². The first-order chi connectivity index (χ1) is 11.7. The maximum absolute atomic E-state index is 12.9. The van der Waals surface area contributed by atoms with Crippen LogP contribution >= 0.6 is 0 Å². The fourth-order valence-electron chi connectivity index (χ4n) is 3.22. The summed E-state index contributed by atoms with van der Waals surface area (Å²) < 4.78 is 40.0. The number of hydrogen-bond donors (Lipinski definition) is 0. The summed E-state index contributed by atoms with van der Waals surface area (Å²) in [7, 11) is 1.58. The summed E-state index contributed by atoms with van der Waals surface area (Å²) in [5.74, 6) is -0.327. The zero-order valence-electron chi connectivity index (χ0n) is 14.2. The number of nitrogens with zero attached hydrogens (tertiary/aromatic N) is 4. The molecule has 0 bridgehead atoms. The van der Waals surface area contributed by atoms with Gasteiger partial charge in [0.05, 0.1) is 6.04 Å². The number of likely N-dealkylation sites (tertiary alicyclic amines) is 1. The molecular weight excluding hydrogens is 337 g/mol. The lowest BCUT2D eigenvalue weighted by Gasteiger charge is -2.22. The molecule has 1 aromatic rings. The van der Waals surface area contributed by atoms with E-state index in [0.29, 0.717) is 19.6 Å². The molecule has 1 atom stereocenters. The number of alkyl halides is 3. The third-order valence-electron chi connectivity index (χ3n) is 4.75. The van der Waals surface area contributed by atoms with Crippen molar-refractivity contribution in [2.45, 2.75) is 38.4 Å². The van der Waals surface area contributed by atoms with Crippen molar-refractivity contribution in [3.05, 3.63) is 17.5 Å². The van der Waals surface area contributed by atoms with Gasteiger partial charge in [0, 0.05) is 39.7 Å². The summed E-state index contributed by atoms with van der Waals surface area (Å²) in [6.45, 7) is 3.13. The Balaban J connectivity index is 1.72. The average Bonchev–Trinajstić information content (AvgIpc) is 3.08. The van der Waals surface area contributed by atoms with Gasteiger partial charge in [-0.1, -0.05) is 0 Å². The minimum atomic E-state index is -4.57. The Morgan fingerprint density at radius 2 is 2.00 bits per heavy atom. The molecule has 1 aliphatic heterocycles. The van der Waals surface area contributed by atoms with Crippen LogP contribution in [-0.2, 0) is 11.0 Å². The van der Waals surface area contributed by atoms with Gasteiger partial charge in [-0.05, 0) is 25.2 Å². The molecule has 0 spiro atoms. The predicted octanol–water partition coefficient (Wildman–Crippen LogP) is 2.18. The van der Waals surface area contributed by atoms with Gasteiger partial charge in [0.1, 0.15) is 5.69 Å². The third-order valence-corrected chi connectivity index (χ3v) is 4.75. The van der Waals surface area contributed by atoms with Crippen molar-refractivity contribution in [2.24, 2.45) is 5.92 Å². The van der Waals surface area contributed by atoms with Crippen molar-refractivity contribution in [1.29, 1.82) is 0 Å². The van der Waals surface area contributed by atoms with E-state index in [9.17, 15) is 22.8 Å². The maximum Gasteiger partial charge on any atom is 0.435 e. The van der Waals surface area contributed by atoms with Crippen LogP contribution in [0.1, 0.15) is 48.4 Å². The molecule has 1 aromatic heterocycles. The largest absolute Gasteiger partial charge is 0.435 e. The summed E-state index contributed by atoms with van der Waals surface area (Å²) in [6.07, 6.45) is -2.31. The van der Waals surface area contributed by atoms with Crippen LogP contribution in [0.3, 0.4) is 0 Å². The first-order valence-corrected chi connectivity index (χ1v) is 8.34. The van der Waals surface area contributed by atoms with Gasteiger partial charge in [0.2, 0.25) is 5.91 Å². The Hall–Kier alpha value is -2.06. The van der Waals surface area contributed by atoms with Gasteiger partial charge < -0.3 is 9.80 Å². The molecular formula is C16H21F3N4O2. The topological polar surface area (TPSA) is 58.4 Å². The number of carbonyl (C=O) groups excluding carboxylic acids is 2. The van der Waals surface area contributed by atoms with Gasteiger partial charge in [-0.2, -0.15) is 18.3 Å². The molecule has 0 aromatic carbocycles. The number of hydrogen-bond acceptors (Lipinski definition) is 3. The molecule has 3 rings (SSSR count). The van der Waals surface area contributed by atoms with Crippen molar-refractivity contribution in [3.8, 4) is 0 Å². The summed E-state index contributed by atoms with van der Waals surface area (Å²) in [4.78, 5) is 27.2. The lowest BCUT2D eigenvalue weighted by atomic mass is 10.1. The molecule has 138 valence electrons. The van der Waals surface area contributed by atoms with Crippen molar-refractivity contribution < 1.29 is 22.8 Å². The Labute approximate surface area is 143 Å². The highest BCUT2D eigenvalue weighted by molar-refractivity contribution is 5.92. The fourth-order valence-corrected chi connectivity index (χ4v) is 3.22. The minimum absolute atomic E-state index is 0.00175. The number of rotatable bonds is 4. The number of carbonyl (C=O) groups is 2. The van der Waals surface area contributed by atoms with E-state index < -0.39 is 17.8 Å². The summed E-state index contributed by atoms with van der Waals surface area (Å²) in [6, 6.07) is 0.719. The molecule has 9 heteroatoms. The van der Waals surface area contributed by atoms with Crippen LogP contribution in [0.2, 0.25) is 0 Å². The summed E-state index contributed by atoms with van der Waals surface area (Å²) in [5, 5.41) is 3.61. The van der Waals surface area contributed by atoms with Gasteiger partial charge in [-0.15, -0.1) is 0 Å². The first-order valence-electron chi connectivity index (χ1n) is 8.34. The maximum atomic E-state index is 12.9. The second kappa shape index (κ2) is 6.34. The van der Waals surface area contributed by atoms with Crippen LogP contribution in [-0.4, -0.2) is 58.1 Å². The Morgan fingerprint density at radius 3 is 2.52 bits per heavy atom. The number of aromatic nitrogens is 2. The van der Waals surface area contributed by atoms with E-state index in [2.05, 4.69) is 5.10 Å². The predicted molar refractivity (Wildman–Crippen MR) is 82.8 cm³/mol. The van der Waals surface area contributed by atoms with E-state index in [0.717, 1.165) is 25.3 Å². The van der Waals surface area contributed by atoms with E-state index in [4.69, 9.17) is 0 Å². The molecule has 2 heterocycles. The van der Waals surface area contributed by atoms with Gasteiger partial charge in [-0.25, -0.2) is 0 Å². The highest BCUT2D eigenvalue weighted by atomic mass is 19.4. The van der Waals surface area contributed by atoms with Crippen molar-refractivity contribution in [2.75, 3.05) is 26.7 Å². The molecule has 1 unspecified atom stereocenters. The smallest absolute Gasteiger partial charge is 0.343 e. The quantitative estimate of drug-likeness (QED) is 0.829. The highest BCUT2D eigenvalue weighted by Crippen LogP contribution is 2.38. The third kappa shape index (κ3) is 3.80. The zero-order chi connectivity index (χ0) is 18.4. The van der Waals surface area contributed by atoms with Crippen LogP contribution < -0.4 is 0 Å². The Bertz CT molecular complexity index is 681. The van der Waals surface area contributed by atoms with Crippen molar-refractivity contribution in [3.63, 3.8) is 0 Å². The minimum Gasteiger partial charge on any atom is -0.343 e. The molecule has 2 amide bonds. The Morgan fingerprint density at radius 1 is 1.32 bits per heavy atom. The van der Waals surface area contributed by atoms with E-state index in [1.54, 1.807) is 11.9 Å². The lowest BCUT2D eigenvalue weighted by Crippen LogP contribution is -2.35. The second-order valence-corrected chi connectivity index (χ2v) is 6.89. The number of halogens is 3. The van der Waals surface area contributed by atoms with Gasteiger partial charge >= 0.3 is 6.18 Å². The molecule has 1 saturated heterocycles. The number of amides is 2. The molecule has 2 aliphatic rings. The van der Waals surface area contributed by atoms with Crippen LogP contribution in [0.25, 0.3) is 0 Å². The molecule has 1 aliphatic carbocycles. The normalized spacial score (nSPS) is 20.8. The Kier molecular flexibility index (Phi) is 4.51. The molecule has 2 fully saturated rings. The van der Waals surface area contributed by atoms with Crippen molar-refractivity contribution >= 4 is 11.8 Å². The second-order valence-electron chi connectivity index (χ2n) is 6.89. The van der Waals surface area contributed by atoms with Gasteiger partial charge in [-0.3, -0.25) is 14.3 Å². The standard InChI is InChI=1S/C16H21F3N4O2/c1-10(24)22-6-5-11(9-22)8-21(2)15(25)13-7-14(16(17,18)19)20-23(13)12-3-4-12/h7,11-12H,3-6,8-9H2,1-2H3. The SMILES string of the molecule is CC(=O)N1CCC(CN(C)C(=O)c2cc(C(F)(F)F)nn2C2CC2)C1. The molecule has 0 radical (unpaired) electrons. The lowest BCUT2D eigenvalue weighted by molar-refractivity contribution is -0.141.